The molecule has 0 heterocycles. The number of nitrogens with two attached hydrogens (primary N) is 2. The van der Waals surface area contributed by atoms with Gasteiger partial charge in [-0.1, -0.05) is 19.9 Å². The van der Waals surface area contributed by atoms with Crippen molar-refractivity contribution in [2.24, 2.45) is 5.92 Å². The van der Waals surface area contributed by atoms with Gasteiger partial charge in [0, 0.05) is 11.4 Å². The van der Waals surface area contributed by atoms with E-state index in [4.69, 9.17) is 11.5 Å². The molecule has 4 N–H and O–H groups in total. The number of rotatable bonds is 2. The lowest BCUT2D eigenvalue weighted by Gasteiger charge is -2.12. The first-order chi connectivity index (χ1) is 6.02. The van der Waals surface area contributed by atoms with Gasteiger partial charge < -0.3 is 11.5 Å². The Morgan fingerprint density at radius 3 is 2.38 bits per heavy atom. The Kier molecular flexibility index (Phi) is 2.81. The summed E-state index contributed by atoms with van der Waals surface area (Å²) in [7, 11) is 0. The Labute approximate surface area is 79.9 Å². The van der Waals surface area contributed by atoms with Gasteiger partial charge in [-0.25, -0.2) is 0 Å². The maximum atomic E-state index is 5.95. The van der Waals surface area contributed by atoms with Gasteiger partial charge in [-0.2, -0.15) is 0 Å². The molecule has 1 aromatic rings. The molecule has 0 atom stereocenters. The van der Waals surface area contributed by atoms with Crippen LogP contribution in [0.15, 0.2) is 12.1 Å². The van der Waals surface area contributed by atoms with Gasteiger partial charge in [0.15, 0.2) is 0 Å². The maximum absolute atomic E-state index is 5.95. The van der Waals surface area contributed by atoms with Gasteiger partial charge in [-0.05, 0) is 36.5 Å². The molecule has 1 aromatic carbocycles. The Hall–Kier alpha value is -1.18. The van der Waals surface area contributed by atoms with Crippen molar-refractivity contribution in [3.05, 3.63) is 23.3 Å². The second-order valence-electron chi connectivity index (χ2n) is 3.95. The fourth-order valence-corrected chi connectivity index (χ4v) is 1.42. The van der Waals surface area contributed by atoms with Crippen molar-refractivity contribution >= 4 is 11.4 Å². The van der Waals surface area contributed by atoms with Crippen LogP contribution in [0.5, 0.6) is 0 Å². The predicted molar refractivity (Wildman–Crippen MR) is 58.5 cm³/mol. The average molecular weight is 178 g/mol. The van der Waals surface area contributed by atoms with E-state index < -0.39 is 0 Å². The van der Waals surface area contributed by atoms with Crippen LogP contribution in [-0.4, -0.2) is 0 Å². The third-order valence-corrected chi connectivity index (χ3v) is 2.28. The van der Waals surface area contributed by atoms with E-state index in [2.05, 4.69) is 13.8 Å². The molecule has 2 nitrogen and oxygen atoms in total. The summed E-state index contributed by atoms with van der Waals surface area (Å²) < 4.78 is 0. The Balaban J connectivity index is 3.04. The third-order valence-electron chi connectivity index (χ3n) is 2.28. The fraction of sp³-hybridized carbons (Fsp3) is 0.455. The number of anilines is 2. The van der Waals surface area contributed by atoms with Crippen LogP contribution < -0.4 is 11.5 Å². The lowest BCUT2D eigenvalue weighted by Crippen LogP contribution is -2.03. The van der Waals surface area contributed by atoms with E-state index in [1.54, 1.807) is 0 Å². The Morgan fingerprint density at radius 1 is 1.23 bits per heavy atom. The molecule has 0 aliphatic carbocycles. The molecule has 0 spiro atoms. The highest BCUT2D eigenvalue weighted by Crippen LogP contribution is 2.24. The molecule has 0 unspecified atom stereocenters. The molecule has 0 saturated carbocycles. The smallest absolute Gasteiger partial charge is 0.0397 e. The Morgan fingerprint density at radius 2 is 1.85 bits per heavy atom. The molecule has 0 fully saturated rings. The first-order valence-electron chi connectivity index (χ1n) is 4.65. The van der Waals surface area contributed by atoms with Crippen LogP contribution in [0, 0.1) is 12.8 Å². The molecule has 1 rings (SSSR count). The van der Waals surface area contributed by atoms with Crippen LogP contribution in [0.4, 0.5) is 11.4 Å². The number of nitrogen functional groups attached to an aromatic ring is 2. The monoisotopic (exact) mass is 178 g/mol. The zero-order valence-electron chi connectivity index (χ0n) is 8.59. The molecule has 2 heteroatoms. The normalized spacial score (nSPS) is 10.8. The molecule has 0 radical (unpaired) electrons. The minimum Gasteiger partial charge on any atom is -0.398 e. The Bertz CT molecular complexity index is 303. The third kappa shape index (κ3) is 2.14. The molecule has 0 aliphatic heterocycles. The van der Waals surface area contributed by atoms with Crippen molar-refractivity contribution in [1.29, 1.82) is 0 Å². The topological polar surface area (TPSA) is 52.0 Å². The molecular weight excluding hydrogens is 160 g/mol. The summed E-state index contributed by atoms with van der Waals surface area (Å²) in [6, 6.07) is 3.96. The van der Waals surface area contributed by atoms with Crippen LogP contribution in [0.3, 0.4) is 0 Å². The van der Waals surface area contributed by atoms with Gasteiger partial charge in [0.05, 0.1) is 0 Å². The van der Waals surface area contributed by atoms with Crippen molar-refractivity contribution in [2.75, 3.05) is 11.5 Å². The van der Waals surface area contributed by atoms with Crippen molar-refractivity contribution in [3.63, 3.8) is 0 Å². The van der Waals surface area contributed by atoms with Crippen LogP contribution in [0.2, 0.25) is 0 Å². The molecule has 0 bridgehead atoms. The number of hydrogen-bond acceptors (Lipinski definition) is 2. The first-order valence-corrected chi connectivity index (χ1v) is 4.65. The summed E-state index contributed by atoms with van der Waals surface area (Å²) in [4.78, 5) is 0. The first kappa shape index (κ1) is 9.90. The second-order valence-corrected chi connectivity index (χ2v) is 3.95. The predicted octanol–water partition coefficient (Wildman–Crippen LogP) is 2.36. The lowest BCUT2D eigenvalue weighted by atomic mass is 9.98. The quantitative estimate of drug-likeness (QED) is 0.683. The molecule has 13 heavy (non-hydrogen) atoms. The van der Waals surface area contributed by atoms with Gasteiger partial charge in [0.1, 0.15) is 0 Å². The van der Waals surface area contributed by atoms with Gasteiger partial charge >= 0.3 is 0 Å². The number of benzene rings is 1. The van der Waals surface area contributed by atoms with Crippen LogP contribution in [0.25, 0.3) is 0 Å². The van der Waals surface area contributed by atoms with Gasteiger partial charge in [0.25, 0.3) is 0 Å². The molecule has 0 amide bonds. The van der Waals surface area contributed by atoms with Gasteiger partial charge in [-0.15, -0.1) is 0 Å². The van der Waals surface area contributed by atoms with Gasteiger partial charge in [-0.3, -0.25) is 0 Å². The van der Waals surface area contributed by atoms with E-state index in [9.17, 15) is 0 Å². The largest absolute Gasteiger partial charge is 0.398 e. The van der Waals surface area contributed by atoms with Crippen LogP contribution in [-0.2, 0) is 6.42 Å². The minimum atomic E-state index is 0.630. The lowest BCUT2D eigenvalue weighted by molar-refractivity contribution is 0.648. The van der Waals surface area contributed by atoms with E-state index in [-0.39, 0.29) is 0 Å². The summed E-state index contributed by atoms with van der Waals surface area (Å²) in [6.07, 6.45) is 1.02. The molecule has 0 aliphatic rings. The molecular formula is C11H18N2. The van der Waals surface area contributed by atoms with E-state index in [1.165, 1.54) is 5.56 Å². The van der Waals surface area contributed by atoms with Crippen molar-refractivity contribution in [3.8, 4) is 0 Å². The number of hydrogen-bond donors (Lipinski definition) is 2. The standard InChI is InChI=1S/C11H18N2/c1-7(2)6-9-4-5-10(12)8(3)11(9)13/h4-5,7H,6,12-13H2,1-3H3. The second kappa shape index (κ2) is 3.69. The van der Waals surface area contributed by atoms with E-state index in [0.717, 1.165) is 23.4 Å². The maximum Gasteiger partial charge on any atom is 0.0397 e. The zero-order chi connectivity index (χ0) is 10.0. The summed E-state index contributed by atoms with van der Waals surface area (Å²) in [5.41, 5.74) is 15.6. The highest BCUT2D eigenvalue weighted by molar-refractivity contribution is 5.64. The van der Waals surface area contributed by atoms with E-state index >= 15 is 0 Å². The molecule has 0 aromatic heterocycles. The highest BCUT2D eigenvalue weighted by Gasteiger charge is 2.06. The van der Waals surface area contributed by atoms with Crippen molar-refractivity contribution in [2.45, 2.75) is 27.2 Å². The highest BCUT2D eigenvalue weighted by atomic mass is 14.6. The summed E-state index contributed by atoms with van der Waals surface area (Å²) in [5, 5.41) is 0. The molecule has 0 saturated heterocycles. The average Bonchev–Trinajstić information content (AvgIpc) is 2.06. The minimum absolute atomic E-state index is 0.630. The van der Waals surface area contributed by atoms with Crippen molar-refractivity contribution in [1.82, 2.24) is 0 Å². The fourth-order valence-electron chi connectivity index (χ4n) is 1.42. The summed E-state index contributed by atoms with van der Waals surface area (Å²) in [6.45, 7) is 6.34. The van der Waals surface area contributed by atoms with Crippen LogP contribution in [0.1, 0.15) is 25.0 Å². The summed E-state index contributed by atoms with van der Waals surface area (Å²) in [5.74, 6) is 0.630. The molecule has 72 valence electrons. The SMILES string of the molecule is Cc1c(N)ccc(CC(C)C)c1N. The van der Waals surface area contributed by atoms with Crippen molar-refractivity contribution < 1.29 is 0 Å². The van der Waals surface area contributed by atoms with E-state index in [1.807, 2.05) is 19.1 Å². The van der Waals surface area contributed by atoms with E-state index in [0.29, 0.717) is 5.92 Å². The van der Waals surface area contributed by atoms with Gasteiger partial charge in [0.2, 0.25) is 0 Å². The summed E-state index contributed by atoms with van der Waals surface area (Å²) >= 11 is 0. The zero-order valence-corrected chi connectivity index (χ0v) is 8.59. The van der Waals surface area contributed by atoms with Crippen LogP contribution >= 0.6 is 0 Å².